The number of sulfone groups is 1. The molecule has 0 fully saturated rings. The molecule has 0 aliphatic carbocycles. The number of nitriles is 1. The number of non-ortho nitro benzene ring substituents is 1. The summed E-state index contributed by atoms with van der Waals surface area (Å²) >= 11 is 0. The van der Waals surface area contributed by atoms with Crippen molar-refractivity contribution in [3.8, 4) is 6.07 Å². The third-order valence-electron chi connectivity index (χ3n) is 2.12. The lowest BCUT2D eigenvalue weighted by molar-refractivity contribution is -0.384. The van der Waals surface area contributed by atoms with Crippen molar-refractivity contribution in [1.29, 1.82) is 5.26 Å². The normalized spacial score (nSPS) is 10.7. The fourth-order valence-electron chi connectivity index (χ4n) is 1.26. The minimum Gasteiger partial charge on any atom is -0.383 e. The molecule has 1 rings (SSSR count). The van der Waals surface area contributed by atoms with E-state index in [9.17, 15) is 18.5 Å². The van der Waals surface area contributed by atoms with Crippen molar-refractivity contribution in [3.05, 3.63) is 33.9 Å². The number of anilines is 1. The molecule has 0 aromatic heterocycles. The van der Waals surface area contributed by atoms with Gasteiger partial charge in [0.05, 0.1) is 21.9 Å². The standard InChI is InChI=1S/C10H11N3O4S/c1-18(16,17)5-4-12-10-3-2-9(13(14)15)6-8(10)7-11/h2-3,6,12H,4-5H2,1H3. The second-order valence-corrected chi connectivity index (χ2v) is 5.92. The number of benzene rings is 1. The molecule has 0 aliphatic heterocycles. The van der Waals surface area contributed by atoms with E-state index in [2.05, 4.69) is 5.32 Å². The summed E-state index contributed by atoms with van der Waals surface area (Å²) in [6.45, 7) is 0.144. The Morgan fingerprint density at radius 1 is 1.50 bits per heavy atom. The van der Waals surface area contributed by atoms with Gasteiger partial charge in [0, 0.05) is 24.9 Å². The monoisotopic (exact) mass is 269 g/mol. The van der Waals surface area contributed by atoms with Crippen LogP contribution in [0.4, 0.5) is 11.4 Å². The van der Waals surface area contributed by atoms with Gasteiger partial charge in [-0.1, -0.05) is 0 Å². The first-order chi connectivity index (χ1) is 8.33. The maximum Gasteiger partial charge on any atom is 0.270 e. The van der Waals surface area contributed by atoms with Crippen molar-refractivity contribution >= 4 is 21.2 Å². The molecule has 0 aliphatic rings. The first-order valence-electron chi connectivity index (χ1n) is 4.93. The van der Waals surface area contributed by atoms with Crippen LogP contribution in [-0.4, -0.2) is 31.9 Å². The van der Waals surface area contributed by atoms with Crippen molar-refractivity contribution in [1.82, 2.24) is 0 Å². The average molecular weight is 269 g/mol. The Hall–Kier alpha value is -2.14. The summed E-state index contributed by atoms with van der Waals surface area (Å²) in [4.78, 5) is 9.93. The Bertz CT molecular complexity index is 604. The molecular formula is C10H11N3O4S. The van der Waals surface area contributed by atoms with E-state index in [0.717, 1.165) is 12.3 Å². The molecule has 0 heterocycles. The van der Waals surface area contributed by atoms with Crippen molar-refractivity contribution in [3.63, 3.8) is 0 Å². The predicted molar refractivity (Wildman–Crippen MR) is 66.0 cm³/mol. The maximum atomic E-state index is 10.9. The van der Waals surface area contributed by atoms with E-state index in [0.29, 0.717) is 5.69 Å². The Morgan fingerprint density at radius 2 is 2.17 bits per heavy atom. The van der Waals surface area contributed by atoms with E-state index in [4.69, 9.17) is 5.26 Å². The molecule has 96 valence electrons. The third kappa shape index (κ3) is 4.03. The highest BCUT2D eigenvalue weighted by molar-refractivity contribution is 7.90. The topological polar surface area (TPSA) is 113 Å². The third-order valence-corrected chi connectivity index (χ3v) is 3.07. The molecule has 0 radical (unpaired) electrons. The Kier molecular flexibility index (Phi) is 4.23. The molecule has 0 saturated carbocycles. The molecule has 7 nitrogen and oxygen atoms in total. The molecule has 1 aromatic carbocycles. The maximum absolute atomic E-state index is 10.9. The highest BCUT2D eigenvalue weighted by atomic mass is 32.2. The molecule has 0 saturated heterocycles. The van der Waals surface area contributed by atoms with Crippen LogP contribution in [0.15, 0.2) is 18.2 Å². The van der Waals surface area contributed by atoms with E-state index < -0.39 is 14.8 Å². The number of nitro benzene ring substituents is 1. The van der Waals surface area contributed by atoms with Gasteiger partial charge in [-0.15, -0.1) is 0 Å². The van der Waals surface area contributed by atoms with E-state index in [1.54, 1.807) is 0 Å². The zero-order valence-electron chi connectivity index (χ0n) is 9.58. The minimum atomic E-state index is -3.09. The van der Waals surface area contributed by atoms with Crippen molar-refractivity contribution in [2.45, 2.75) is 0 Å². The second-order valence-electron chi connectivity index (χ2n) is 3.66. The van der Waals surface area contributed by atoms with Gasteiger partial charge < -0.3 is 5.32 Å². The van der Waals surface area contributed by atoms with Gasteiger partial charge in [0.1, 0.15) is 15.9 Å². The van der Waals surface area contributed by atoms with Gasteiger partial charge >= 0.3 is 0 Å². The first-order valence-corrected chi connectivity index (χ1v) is 6.99. The Balaban J connectivity index is 2.84. The fraction of sp³-hybridized carbons (Fsp3) is 0.300. The van der Waals surface area contributed by atoms with Crippen LogP contribution >= 0.6 is 0 Å². The quantitative estimate of drug-likeness (QED) is 0.628. The number of rotatable bonds is 5. The van der Waals surface area contributed by atoms with Crippen molar-refractivity contribution in [2.75, 3.05) is 23.9 Å². The summed E-state index contributed by atoms with van der Waals surface area (Å²) in [6, 6.07) is 5.61. The summed E-state index contributed by atoms with van der Waals surface area (Å²) in [7, 11) is -3.09. The van der Waals surface area contributed by atoms with Gasteiger partial charge in [0.15, 0.2) is 0 Å². The summed E-state index contributed by atoms with van der Waals surface area (Å²) in [5.74, 6) is -0.0745. The molecule has 0 spiro atoms. The second kappa shape index (κ2) is 5.46. The van der Waals surface area contributed by atoms with Gasteiger partial charge in [-0.05, 0) is 6.07 Å². The predicted octanol–water partition coefficient (Wildman–Crippen LogP) is 0.923. The summed E-state index contributed by atoms with van der Waals surface area (Å²) < 4.78 is 21.9. The molecule has 0 bridgehead atoms. The number of hydrogen-bond donors (Lipinski definition) is 1. The van der Waals surface area contributed by atoms with Crippen LogP contribution in [-0.2, 0) is 9.84 Å². The van der Waals surface area contributed by atoms with Crippen molar-refractivity contribution in [2.24, 2.45) is 0 Å². The number of nitro groups is 1. The van der Waals surface area contributed by atoms with E-state index >= 15 is 0 Å². The molecule has 0 atom stereocenters. The lowest BCUT2D eigenvalue weighted by Crippen LogP contribution is -2.14. The van der Waals surface area contributed by atoms with E-state index in [1.807, 2.05) is 6.07 Å². The number of nitrogens with one attached hydrogen (secondary N) is 1. The summed E-state index contributed by atoms with van der Waals surface area (Å²) in [5.41, 5.74) is 0.310. The van der Waals surface area contributed by atoms with Gasteiger partial charge in [-0.3, -0.25) is 10.1 Å². The highest BCUT2D eigenvalue weighted by Gasteiger charge is 2.10. The zero-order chi connectivity index (χ0) is 13.8. The molecule has 1 N–H and O–H groups in total. The number of nitrogens with zero attached hydrogens (tertiary/aromatic N) is 2. The van der Waals surface area contributed by atoms with E-state index in [-0.39, 0.29) is 23.5 Å². The van der Waals surface area contributed by atoms with E-state index in [1.165, 1.54) is 12.1 Å². The van der Waals surface area contributed by atoms with Gasteiger partial charge in [0.25, 0.3) is 5.69 Å². The van der Waals surface area contributed by atoms with Crippen molar-refractivity contribution < 1.29 is 13.3 Å². The van der Waals surface area contributed by atoms with Crippen LogP contribution in [0.25, 0.3) is 0 Å². The fourth-order valence-corrected chi connectivity index (χ4v) is 1.74. The Labute approximate surface area is 104 Å². The van der Waals surface area contributed by atoms with Crippen LogP contribution in [0, 0.1) is 21.4 Å². The molecule has 8 heteroatoms. The van der Waals surface area contributed by atoms with Crippen LogP contribution in [0.2, 0.25) is 0 Å². The van der Waals surface area contributed by atoms with Gasteiger partial charge in [0.2, 0.25) is 0 Å². The molecule has 0 amide bonds. The summed E-state index contributed by atoms with van der Waals surface area (Å²) in [5, 5.41) is 22.1. The molecule has 0 unspecified atom stereocenters. The smallest absolute Gasteiger partial charge is 0.270 e. The average Bonchev–Trinajstić information content (AvgIpc) is 2.27. The van der Waals surface area contributed by atoms with Gasteiger partial charge in [-0.25, -0.2) is 8.42 Å². The SMILES string of the molecule is CS(=O)(=O)CCNc1ccc([N+](=O)[O-])cc1C#N. The van der Waals surface area contributed by atoms with Crippen LogP contribution in [0.1, 0.15) is 5.56 Å². The molecule has 1 aromatic rings. The number of hydrogen-bond acceptors (Lipinski definition) is 6. The van der Waals surface area contributed by atoms with Crippen LogP contribution in [0.5, 0.6) is 0 Å². The molecule has 18 heavy (non-hydrogen) atoms. The lowest BCUT2D eigenvalue weighted by Gasteiger charge is -2.07. The van der Waals surface area contributed by atoms with Crippen LogP contribution in [0.3, 0.4) is 0 Å². The van der Waals surface area contributed by atoms with Gasteiger partial charge in [-0.2, -0.15) is 5.26 Å². The largest absolute Gasteiger partial charge is 0.383 e. The first kappa shape index (κ1) is 13.9. The minimum absolute atomic E-state index is 0.0745. The lowest BCUT2D eigenvalue weighted by atomic mass is 10.1. The Morgan fingerprint density at radius 3 is 2.67 bits per heavy atom. The van der Waals surface area contributed by atoms with Crippen LogP contribution < -0.4 is 5.32 Å². The highest BCUT2D eigenvalue weighted by Crippen LogP contribution is 2.21. The zero-order valence-corrected chi connectivity index (χ0v) is 10.4. The summed E-state index contributed by atoms with van der Waals surface area (Å²) in [6.07, 6.45) is 1.11. The molecular weight excluding hydrogens is 258 g/mol.